The number of hydrogen-bond donors (Lipinski definition) is 0. The first-order valence-corrected chi connectivity index (χ1v) is 11.3. The molecule has 4 rings (SSSR count). The summed E-state index contributed by atoms with van der Waals surface area (Å²) in [7, 11) is -2.29. The number of anilines is 1. The fourth-order valence-electron chi connectivity index (χ4n) is 3.21. The highest BCUT2D eigenvalue weighted by molar-refractivity contribution is 7.92. The average Bonchev–Trinajstić information content (AvgIpc) is 3.13. The van der Waals surface area contributed by atoms with Gasteiger partial charge in [0.15, 0.2) is 5.03 Å². The standard InChI is InChI=1S/C21H21ClN4O3S/c1-24-13-10-20(23-24)30(28,29)26(15-16-6-8-18(22)9-7-16)19-5-2-4-17(14-19)21(27)25-11-3-12-25/h2,4-10,13-14H,3,11-12,15H2,1H3. The van der Waals surface area contributed by atoms with Crippen LogP contribution in [0.2, 0.25) is 5.02 Å². The van der Waals surface area contributed by atoms with Crippen LogP contribution >= 0.6 is 11.6 Å². The third-order valence-electron chi connectivity index (χ3n) is 5.01. The zero-order valence-corrected chi connectivity index (χ0v) is 18.0. The molecule has 30 heavy (non-hydrogen) atoms. The van der Waals surface area contributed by atoms with Crippen molar-refractivity contribution in [1.29, 1.82) is 0 Å². The highest BCUT2D eigenvalue weighted by atomic mass is 35.5. The van der Waals surface area contributed by atoms with Crippen molar-refractivity contribution in [2.45, 2.75) is 18.0 Å². The number of rotatable bonds is 6. The Morgan fingerprint density at radius 1 is 1.13 bits per heavy atom. The Labute approximate surface area is 180 Å². The zero-order valence-electron chi connectivity index (χ0n) is 16.4. The summed E-state index contributed by atoms with van der Waals surface area (Å²) < 4.78 is 29.6. The summed E-state index contributed by atoms with van der Waals surface area (Å²) in [5.41, 5.74) is 1.63. The monoisotopic (exact) mass is 444 g/mol. The SMILES string of the molecule is Cn1ccc(S(=O)(=O)N(Cc2ccc(Cl)cc2)c2cccc(C(=O)N3CCC3)c2)n1. The summed E-state index contributed by atoms with van der Waals surface area (Å²) in [4.78, 5) is 14.4. The van der Waals surface area contributed by atoms with Crippen molar-refractivity contribution in [1.82, 2.24) is 14.7 Å². The average molecular weight is 445 g/mol. The summed E-state index contributed by atoms with van der Waals surface area (Å²) in [5.74, 6) is -0.0928. The normalized spacial score (nSPS) is 13.7. The molecule has 0 unspecified atom stereocenters. The molecule has 3 aromatic rings. The number of sulfonamides is 1. The number of hydrogen-bond acceptors (Lipinski definition) is 4. The molecule has 9 heteroatoms. The maximum absolute atomic E-state index is 13.4. The van der Waals surface area contributed by atoms with E-state index in [4.69, 9.17) is 11.6 Å². The Balaban J connectivity index is 1.75. The molecule has 0 spiro atoms. The number of carbonyl (C=O) groups excluding carboxylic acids is 1. The molecule has 0 aliphatic carbocycles. The van der Waals surface area contributed by atoms with E-state index in [1.807, 2.05) is 0 Å². The number of likely N-dealkylation sites (tertiary alicyclic amines) is 1. The number of amides is 1. The van der Waals surface area contributed by atoms with Crippen molar-refractivity contribution in [3.05, 3.63) is 76.9 Å². The van der Waals surface area contributed by atoms with Gasteiger partial charge in [-0.2, -0.15) is 13.5 Å². The largest absolute Gasteiger partial charge is 0.339 e. The van der Waals surface area contributed by atoms with Gasteiger partial charge in [-0.05, 0) is 48.4 Å². The lowest BCUT2D eigenvalue weighted by atomic mass is 10.1. The Kier molecular flexibility index (Phi) is 5.53. The van der Waals surface area contributed by atoms with E-state index in [1.165, 1.54) is 15.1 Å². The third kappa shape index (κ3) is 4.06. The van der Waals surface area contributed by atoms with Gasteiger partial charge in [-0.25, -0.2) is 0 Å². The van der Waals surface area contributed by atoms with Gasteiger partial charge in [0.25, 0.3) is 15.9 Å². The Morgan fingerprint density at radius 3 is 2.47 bits per heavy atom. The Bertz CT molecular complexity index is 1170. The van der Waals surface area contributed by atoms with E-state index in [9.17, 15) is 13.2 Å². The van der Waals surface area contributed by atoms with Crippen LogP contribution in [0.3, 0.4) is 0 Å². The Hall–Kier alpha value is -2.84. The molecule has 1 amide bonds. The number of aromatic nitrogens is 2. The van der Waals surface area contributed by atoms with Crippen LogP contribution < -0.4 is 4.31 Å². The summed E-state index contributed by atoms with van der Waals surface area (Å²) >= 11 is 5.97. The second kappa shape index (κ2) is 8.12. The van der Waals surface area contributed by atoms with Crippen LogP contribution in [0.1, 0.15) is 22.3 Å². The lowest BCUT2D eigenvalue weighted by molar-refractivity contribution is 0.0652. The molecule has 156 valence electrons. The van der Waals surface area contributed by atoms with Gasteiger partial charge in [-0.1, -0.05) is 29.8 Å². The molecular weight excluding hydrogens is 424 g/mol. The van der Waals surface area contributed by atoms with Gasteiger partial charge in [0, 0.05) is 36.9 Å². The van der Waals surface area contributed by atoms with Crippen LogP contribution in [0, 0.1) is 0 Å². The quantitative estimate of drug-likeness (QED) is 0.584. The van der Waals surface area contributed by atoms with E-state index in [0.717, 1.165) is 25.1 Å². The van der Waals surface area contributed by atoms with E-state index in [-0.39, 0.29) is 17.5 Å². The van der Waals surface area contributed by atoms with Gasteiger partial charge >= 0.3 is 0 Å². The molecule has 0 radical (unpaired) electrons. The van der Waals surface area contributed by atoms with Crippen LogP contribution in [0.15, 0.2) is 65.8 Å². The van der Waals surface area contributed by atoms with Gasteiger partial charge in [0.2, 0.25) is 0 Å². The maximum Gasteiger partial charge on any atom is 0.283 e. The first kappa shape index (κ1) is 20.4. The van der Waals surface area contributed by atoms with Crippen molar-refractivity contribution in [3.8, 4) is 0 Å². The molecule has 0 bridgehead atoms. The highest BCUT2D eigenvalue weighted by Crippen LogP contribution is 2.27. The molecule has 2 aromatic carbocycles. The number of aryl methyl sites for hydroxylation is 1. The summed E-state index contributed by atoms with van der Waals surface area (Å²) in [6, 6.07) is 15.2. The van der Waals surface area contributed by atoms with E-state index >= 15 is 0 Å². The van der Waals surface area contributed by atoms with Crippen LogP contribution in [0.4, 0.5) is 5.69 Å². The minimum Gasteiger partial charge on any atom is -0.339 e. The molecule has 0 saturated carbocycles. The topological polar surface area (TPSA) is 75.5 Å². The van der Waals surface area contributed by atoms with Crippen LogP contribution in [-0.4, -0.2) is 42.1 Å². The van der Waals surface area contributed by atoms with Crippen molar-refractivity contribution >= 4 is 33.2 Å². The van der Waals surface area contributed by atoms with E-state index in [2.05, 4.69) is 5.10 Å². The molecule has 7 nitrogen and oxygen atoms in total. The predicted molar refractivity (Wildman–Crippen MR) is 115 cm³/mol. The second-order valence-corrected chi connectivity index (χ2v) is 9.41. The molecular formula is C21H21ClN4O3S. The van der Waals surface area contributed by atoms with E-state index < -0.39 is 10.0 Å². The molecule has 0 atom stereocenters. The van der Waals surface area contributed by atoms with Crippen molar-refractivity contribution in [3.63, 3.8) is 0 Å². The molecule has 1 fully saturated rings. The zero-order chi connectivity index (χ0) is 21.3. The van der Waals surface area contributed by atoms with Gasteiger partial charge in [-0.3, -0.25) is 13.8 Å². The molecule has 1 saturated heterocycles. The summed E-state index contributed by atoms with van der Waals surface area (Å²) in [6.07, 6.45) is 2.57. The van der Waals surface area contributed by atoms with Crippen molar-refractivity contribution in [2.24, 2.45) is 7.05 Å². The van der Waals surface area contributed by atoms with Crippen LogP contribution in [-0.2, 0) is 23.6 Å². The highest BCUT2D eigenvalue weighted by Gasteiger charge is 2.29. The van der Waals surface area contributed by atoms with Gasteiger partial charge < -0.3 is 4.90 Å². The maximum atomic E-state index is 13.4. The lowest BCUT2D eigenvalue weighted by Crippen LogP contribution is -2.42. The first-order chi connectivity index (χ1) is 14.3. The number of nitrogens with zero attached hydrogens (tertiary/aromatic N) is 4. The number of benzene rings is 2. The minimum atomic E-state index is -3.95. The summed E-state index contributed by atoms with van der Waals surface area (Å²) in [5, 5.41) is 4.60. The minimum absolute atomic E-state index is 0.0570. The Morgan fingerprint density at radius 2 is 1.87 bits per heavy atom. The fraction of sp³-hybridized carbons (Fsp3) is 0.238. The second-order valence-electron chi connectivity index (χ2n) is 7.16. The van der Waals surface area contributed by atoms with Crippen LogP contribution in [0.5, 0.6) is 0 Å². The van der Waals surface area contributed by atoms with Crippen molar-refractivity contribution in [2.75, 3.05) is 17.4 Å². The lowest BCUT2D eigenvalue weighted by Gasteiger charge is -2.31. The molecule has 0 N–H and O–H groups in total. The smallest absolute Gasteiger partial charge is 0.283 e. The van der Waals surface area contributed by atoms with Gasteiger partial charge in [0.1, 0.15) is 0 Å². The van der Waals surface area contributed by atoms with Gasteiger partial charge in [0.05, 0.1) is 12.2 Å². The molecule has 2 heterocycles. The molecule has 1 aliphatic rings. The molecule has 1 aromatic heterocycles. The number of halogens is 1. The summed E-state index contributed by atoms with van der Waals surface area (Å²) in [6.45, 7) is 1.53. The third-order valence-corrected chi connectivity index (χ3v) is 6.93. The van der Waals surface area contributed by atoms with Gasteiger partial charge in [-0.15, -0.1) is 0 Å². The first-order valence-electron chi connectivity index (χ1n) is 9.51. The van der Waals surface area contributed by atoms with E-state index in [0.29, 0.717) is 16.3 Å². The number of carbonyl (C=O) groups is 1. The fourth-order valence-corrected chi connectivity index (χ4v) is 4.74. The van der Waals surface area contributed by atoms with Crippen molar-refractivity contribution < 1.29 is 13.2 Å². The predicted octanol–water partition coefficient (Wildman–Crippen LogP) is 3.31. The van der Waals surface area contributed by atoms with Crippen LogP contribution in [0.25, 0.3) is 0 Å². The van der Waals surface area contributed by atoms with E-state index in [1.54, 1.807) is 66.7 Å². The molecule has 1 aliphatic heterocycles.